The Balaban J connectivity index is 1.72. The maximum atomic E-state index is 2.62. The van der Waals surface area contributed by atoms with Gasteiger partial charge in [-0.3, -0.25) is 0 Å². The molecule has 0 nitrogen and oxygen atoms in total. The molecule has 0 fully saturated rings. The van der Waals surface area contributed by atoms with Crippen LogP contribution in [-0.4, -0.2) is 0 Å². The molecular formula is C64H74. The lowest BCUT2D eigenvalue weighted by atomic mass is 9.75. The molecule has 8 aromatic carbocycles. The molecule has 0 aromatic heterocycles. The van der Waals surface area contributed by atoms with Gasteiger partial charge in [0, 0.05) is 0 Å². The SMILES string of the molecule is CC(C)c1cccc(C(C)C)c1-c1cc(-c2c(C(C)C)cccc2C(C)C)c2ccc3c(-c4c(C(C)C)cccc4C(C)C)cc(-c4c(C(C)C)cccc4C(C)C)c4ccc1c2c43. The highest BCUT2D eigenvalue weighted by Crippen LogP contribution is 2.54. The molecule has 0 saturated heterocycles. The van der Waals surface area contributed by atoms with E-state index in [4.69, 9.17) is 0 Å². The molecule has 0 saturated carbocycles. The predicted molar refractivity (Wildman–Crippen MR) is 285 cm³/mol. The largest absolute Gasteiger partial charge is 0.0617 e. The molecule has 0 N–H and O–H groups in total. The lowest BCUT2D eigenvalue weighted by molar-refractivity contribution is 0.837. The van der Waals surface area contributed by atoms with Gasteiger partial charge in [-0.05, 0) is 181 Å². The van der Waals surface area contributed by atoms with Gasteiger partial charge in [0.2, 0.25) is 0 Å². The fraction of sp³-hybridized carbons (Fsp3) is 0.375. The van der Waals surface area contributed by atoms with Gasteiger partial charge in [0.15, 0.2) is 0 Å². The number of hydrogen-bond donors (Lipinski definition) is 0. The van der Waals surface area contributed by atoms with Gasteiger partial charge >= 0.3 is 0 Å². The molecule has 0 aliphatic heterocycles. The minimum atomic E-state index is 0.368. The first-order valence-electron chi connectivity index (χ1n) is 24.7. The van der Waals surface area contributed by atoms with E-state index in [2.05, 4.69) is 220 Å². The van der Waals surface area contributed by atoms with Crippen LogP contribution in [0.5, 0.6) is 0 Å². The summed E-state index contributed by atoms with van der Waals surface area (Å²) in [7, 11) is 0. The quantitative estimate of drug-likeness (QED) is 0.108. The number of benzene rings is 8. The summed E-state index contributed by atoms with van der Waals surface area (Å²) in [4.78, 5) is 0. The maximum Gasteiger partial charge on any atom is -0.00139 e. The lowest BCUT2D eigenvalue weighted by Gasteiger charge is -2.28. The van der Waals surface area contributed by atoms with Gasteiger partial charge < -0.3 is 0 Å². The first-order valence-corrected chi connectivity index (χ1v) is 24.7. The highest BCUT2D eigenvalue weighted by atomic mass is 14.3. The van der Waals surface area contributed by atoms with E-state index in [1.165, 1.54) is 121 Å². The third-order valence-electron chi connectivity index (χ3n) is 14.5. The van der Waals surface area contributed by atoms with Crippen LogP contribution in [-0.2, 0) is 0 Å². The van der Waals surface area contributed by atoms with Crippen molar-refractivity contribution in [3.8, 4) is 44.5 Å². The second-order valence-electron chi connectivity index (χ2n) is 21.5. The maximum absolute atomic E-state index is 2.62. The average molecular weight is 843 g/mol. The fourth-order valence-corrected chi connectivity index (χ4v) is 11.3. The molecule has 0 bridgehead atoms. The third kappa shape index (κ3) is 7.57. The van der Waals surface area contributed by atoms with Crippen molar-refractivity contribution in [2.45, 2.75) is 158 Å². The van der Waals surface area contributed by atoms with Crippen LogP contribution >= 0.6 is 0 Å². The highest BCUT2D eigenvalue weighted by molar-refractivity contribution is 6.32. The van der Waals surface area contributed by atoms with Gasteiger partial charge in [-0.25, -0.2) is 0 Å². The van der Waals surface area contributed by atoms with E-state index in [0.29, 0.717) is 47.3 Å². The molecule has 64 heavy (non-hydrogen) atoms. The van der Waals surface area contributed by atoms with Crippen LogP contribution < -0.4 is 0 Å². The zero-order valence-corrected chi connectivity index (χ0v) is 42.0. The van der Waals surface area contributed by atoms with E-state index in [1.54, 1.807) is 0 Å². The molecule has 0 atom stereocenters. The molecule has 0 aliphatic rings. The summed E-state index contributed by atoms with van der Waals surface area (Å²) in [6.07, 6.45) is 0. The second kappa shape index (κ2) is 17.6. The normalized spacial score (nSPS) is 12.6. The van der Waals surface area contributed by atoms with Crippen LogP contribution in [0.2, 0.25) is 0 Å². The van der Waals surface area contributed by atoms with Gasteiger partial charge in [-0.15, -0.1) is 0 Å². The van der Waals surface area contributed by atoms with E-state index in [0.717, 1.165) is 0 Å². The minimum Gasteiger partial charge on any atom is -0.0617 e. The number of rotatable bonds is 12. The van der Waals surface area contributed by atoms with Crippen LogP contribution in [0.1, 0.15) is 203 Å². The van der Waals surface area contributed by atoms with E-state index in [-0.39, 0.29) is 0 Å². The molecule has 0 aliphatic carbocycles. The summed E-state index contributed by atoms with van der Waals surface area (Å²) in [6, 6.07) is 43.7. The van der Waals surface area contributed by atoms with E-state index >= 15 is 0 Å². The first-order chi connectivity index (χ1) is 30.4. The molecule has 330 valence electrons. The Morgan fingerprint density at radius 2 is 0.375 bits per heavy atom. The van der Waals surface area contributed by atoms with Gasteiger partial charge in [-0.1, -0.05) is 208 Å². The van der Waals surface area contributed by atoms with Crippen LogP contribution in [0.15, 0.2) is 109 Å². The molecule has 0 amide bonds. The van der Waals surface area contributed by atoms with Crippen molar-refractivity contribution in [2.75, 3.05) is 0 Å². The third-order valence-corrected chi connectivity index (χ3v) is 14.5. The molecular weight excluding hydrogens is 769 g/mol. The summed E-state index contributed by atoms with van der Waals surface area (Å²) >= 11 is 0. The lowest BCUT2D eigenvalue weighted by Crippen LogP contribution is -2.05. The predicted octanol–water partition coefficient (Wildman–Crippen LogP) is 20.2. The van der Waals surface area contributed by atoms with Crippen molar-refractivity contribution < 1.29 is 0 Å². The summed E-state index contributed by atoms with van der Waals surface area (Å²) in [5.74, 6) is 2.94. The monoisotopic (exact) mass is 843 g/mol. The van der Waals surface area contributed by atoms with Crippen molar-refractivity contribution >= 4 is 32.3 Å². The zero-order valence-electron chi connectivity index (χ0n) is 42.0. The smallest absolute Gasteiger partial charge is 0.00139 e. The molecule has 0 spiro atoms. The van der Waals surface area contributed by atoms with Gasteiger partial charge in [0.1, 0.15) is 0 Å². The highest BCUT2D eigenvalue weighted by Gasteiger charge is 2.29. The summed E-state index contributed by atoms with van der Waals surface area (Å²) in [5, 5.41) is 8.20. The Kier molecular flexibility index (Phi) is 12.5. The van der Waals surface area contributed by atoms with Gasteiger partial charge in [0.05, 0.1) is 0 Å². The Bertz CT molecular complexity index is 2490. The average Bonchev–Trinajstić information content (AvgIpc) is 3.26. The Morgan fingerprint density at radius 1 is 0.219 bits per heavy atom. The van der Waals surface area contributed by atoms with E-state index in [9.17, 15) is 0 Å². The van der Waals surface area contributed by atoms with E-state index in [1.807, 2.05) is 0 Å². The molecule has 0 heterocycles. The van der Waals surface area contributed by atoms with Crippen molar-refractivity contribution in [3.05, 3.63) is 154 Å². The molecule has 0 radical (unpaired) electrons. The topological polar surface area (TPSA) is 0 Å². The number of hydrogen-bond acceptors (Lipinski definition) is 0. The van der Waals surface area contributed by atoms with Crippen molar-refractivity contribution in [1.82, 2.24) is 0 Å². The molecule has 8 aromatic rings. The Hall–Kier alpha value is -5.20. The fourth-order valence-electron chi connectivity index (χ4n) is 11.3. The second-order valence-corrected chi connectivity index (χ2v) is 21.5. The van der Waals surface area contributed by atoms with Gasteiger partial charge in [-0.2, -0.15) is 0 Å². The van der Waals surface area contributed by atoms with Crippen molar-refractivity contribution in [3.63, 3.8) is 0 Å². The van der Waals surface area contributed by atoms with Crippen LogP contribution in [0.25, 0.3) is 76.8 Å². The summed E-state index contributed by atoms with van der Waals surface area (Å²) in [6.45, 7) is 38.0. The Morgan fingerprint density at radius 3 is 0.516 bits per heavy atom. The van der Waals surface area contributed by atoms with Crippen LogP contribution in [0.3, 0.4) is 0 Å². The zero-order chi connectivity index (χ0) is 46.0. The van der Waals surface area contributed by atoms with Crippen molar-refractivity contribution in [1.29, 1.82) is 0 Å². The Labute approximate surface area is 386 Å². The van der Waals surface area contributed by atoms with Crippen LogP contribution in [0.4, 0.5) is 0 Å². The van der Waals surface area contributed by atoms with Gasteiger partial charge in [0.25, 0.3) is 0 Å². The van der Waals surface area contributed by atoms with Crippen molar-refractivity contribution in [2.24, 2.45) is 0 Å². The standard InChI is InChI=1S/C64H74/c1-35(2)43-21-17-22-44(36(3)4)59(43)55-33-56(60-45(37(5)6)23-18-24-46(60)38(7)8)52-31-32-54-58(62-49(41(13)14)27-20-28-50(62)42(15)16)34-57(53-30-29-51(55)63(52)64(53)54)61-47(39(9)10)25-19-26-48(61)40(11)12/h17-42H,1-16H3. The molecule has 8 rings (SSSR count). The van der Waals surface area contributed by atoms with Crippen LogP contribution in [0, 0.1) is 0 Å². The summed E-state index contributed by atoms with van der Waals surface area (Å²) < 4.78 is 0. The summed E-state index contributed by atoms with van der Waals surface area (Å²) in [5.41, 5.74) is 22.5. The molecule has 0 unspecified atom stereocenters. The first kappa shape index (κ1) is 45.4. The molecule has 0 heteroatoms. The van der Waals surface area contributed by atoms with E-state index < -0.39 is 0 Å². The minimum absolute atomic E-state index is 0.368.